The van der Waals surface area contributed by atoms with Crippen molar-refractivity contribution in [2.24, 2.45) is 5.14 Å². The van der Waals surface area contributed by atoms with Crippen LogP contribution >= 0.6 is 12.8 Å². The molecule has 0 bridgehead atoms. The third-order valence-electron chi connectivity index (χ3n) is 4.13. The number of anilines is 2. The Hall–Kier alpha value is -2.18. The molecule has 5 N–H and O–H groups in total. The summed E-state index contributed by atoms with van der Waals surface area (Å²) in [5.41, 5.74) is 10.8. The van der Waals surface area contributed by atoms with E-state index < -0.39 is 0 Å². The van der Waals surface area contributed by atoms with Gasteiger partial charge in [-0.25, -0.2) is 0 Å². The first-order valence-corrected chi connectivity index (χ1v) is 8.77. The third kappa shape index (κ3) is 5.16. The highest BCUT2D eigenvalue weighted by Crippen LogP contribution is 2.35. The van der Waals surface area contributed by atoms with Gasteiger partial charge in [-0.3, -0.25) is 9.93 Å². The fourth-order valence-corrected chi connectivity index (χ4v) is 2.55. The molecule has 0 saturated heterocycles. The summed E-state index contributed by atoms with van der Waals surface area (Å²) in [6, 6.07) is 9.38. The SMILES string of the molecule is COc1c(C)cc(C(C)(C)C)cc1NC(=O)c1ccc(C)c(N)c1.NS. The predicted molar refractivity (Wildman–Crippen MR) is 113 cm³/mol. The number of nitrogens with one attached hydrogen (secondary N) is 1. The van der Waals surface area contributed by atoms with Crippen molar-refractivity contribution in [3.8, 4) is 5.75 Å². The van der Waals surface area contributed by atoms with Crippen molar-refractivity contribution in [2.45, 2.75) is 40.0 Å². The van der Waals surface area contributed by atoms with Gasteiger partial charge in [0.15, 0.2) is 0 Å². The number of amides is 1. The Kier molecular flexibility index (Phi) is 7.54. The second kappa shape index (κ2) is 8.96. The van der Waals surface area contributed by atoms with E-state index in [1.54, 1.807) is 19.2 Å². The number of hydrogen-bond acceptors (Lipinski definition) is 5. The van der Waals surface area contributed by atoms with E-state index in [1.807, 2.05) is 26.0 Å². The number of nitrogens with two attached hydrogens (primary N) is 2. The minimum atomic E-state index is -0.203. The number of thiol groups is 1. The smallest absolute Gasteiger partial charge is 0.255 e. The van der Waals surface area contributed by atoms with Crippen molar-refractivity contribution >= 4 is 30.1 Å². The van der Waals surface area contributed by atoms with Crippen LogP contribution in [-0.2, 0) is 5.41 Å². The van der Waals surface area contributed by atoms with Crippen LogP contribution in [0, 0.1) is 13.8 Å². The topological polar surface area (TPSA) is 90.4 Å². The highest BCUT2D eigenvalue weighted by Gasteiger charge is 2.19. The van der Waals surface area contributed by atoms with E-state index in [1.165, 1.54) is 0 Å². The van der Waals surface area contributed by atoms with Crippen LogP contribution < -0.4 is 20.9 Å². The van der Waals surface area contributed by atoms with Crippen LogP contribution in [0.5, 0.6) is 5.75 Å². The van der Waals surface area contributed by atoms with Crippen LogP contribution in [0.4, 0.5) is 11.4 Å². The summed E-state index contributed by atoms with van der Waals surface area (Å²) in [5.74, 6) is 0.474. The molecular weight excluding hydrogens is 346 g/mol. The lowest BCUT2D eigenvalue weighted by molar-refractivity contribution is 0.102. The van der Waals surface area contributed by atoms with Crippen LogP contribution in [-0.4, -0.2) is 13.0 Å². The van der Waals surface area contributed by atoms with Crippen LogP contribution in [0.3, 0.4) is 0 Å². The van der Waals surface area contributed by atoms with Crippen LogP contribution in [0.15, 0.2) is 30.3 Å². The molecule has 0 radical (unpaired) electrons. The van der Waals surface area contributed by atoms with E-state index in [9.17, 15) is 4.79 Å². The molecule has 2 rings (SSSR count). The molecule has 0 atom stereocenters. The van der Waals surface area contributed by atoms with Gasteiger partial charge >= 0.3 is 0 Å². The third-order valence-corrected chi connectivity index (χ3v) is 4.13. The Morgan fingerprint density at radius 3 is 2.19 bits per heavy atom. The van der Waals surface area contributed by atoms with Crippen molar-refractivity contribution in [2.75, 3.05) is 18.2 Å². The van der Waals surface area contributed by atoms with Gasteiger partial charge in [0.05, 0.1) is 12.8 Å². The minimum absolute atomic E-state index is 0.0230. The molecule has 142 valence electrons. The Labute approximate surface area is 161 Å². The molecule has 0 aliphatic rings. The van der Waals surface area contributed by atoms with Crippen LogP contribution in [0.1, 0.15) is 47.8 Å². The number of ether oxygens (including phenoxy) is 1. The van der Waals surface area contributed by atoms with Gasteiger partial charge in [-0.2, -0.15) is 0 Å². The van der Waals surface area contributed by atoms with Crippen molar-refractivity contribution in [3.63, 3.8) is 0 Å². The molecule has 0 aliphatic heterocycles. The molecule has 0 aliphatic carbocycles. The Balaban J connectivity index is 0.00000163. The highest BCUT2D eigenvalue weighted by molar-refractivity contribution is 7.77. The van der Waals surface area contributed by atoms with E-state index in [2.05, 4.69) is 50.1 Å². The monoisotopic (exact) mass is 375 g/mol. The zero-order valence-electron chi connectivity index (χ0n) is 16.3. The van der Waals surface area contributed by atoms with Gasteiger partial charge < -0.3 is 15.8 Å². The summed E-state index contributed by atoms with van der Waals surface area (Å²) in [6.07, 6.45) is 0. The molecule has 0 saturated carbocycles. The number of carbonyl (C=O) groups excluding carboxylic acids is 1. The zero-order valence-corrected chi connectivity index (χ0v) is 17.2. The highest BCUT2D eigenvalue weighted by atomic mass is 32.1. The summed E-state index contributed by atoms with van der Waals surface area (Å²) in [7, 11) is 1.61. The number of benzene rings is 2. The maximum Gasteiger partial charge on any atom is 0.255 e. The lowest BCUT2D eigenvalue weighted by Gasteiger charge is -2.23. The van der Waals surface area contributed by atoms with Gasteiger partial charge in [0.2, 0.25) is 0 Å². The number of aryl methyl sites for hydroxylation is 2. The maximum absolute atomic E-state index is 12.6. The largest absolute Gasteiger partial charge is 0.494 e. The second-order valence-electron chi connectivity index (χ2n) is 7.15. The first-order chi connectivity index (χ1) is 12.1. The van der Waals surface area contributed by atoms with Crippen molar-refractivity contribution in [1.29, 1.82) is 0 Å². The number of rotatable bonds is 3. The minimum Gasteiger partial charge on any atom is -0.494 e. The van der Waals surface area contributed by atoms with Crippen LogP contribution in [0.25, 0.3) is 0 Å². The van der Waals surface area contributed by atoms with Crippen molar-refractivity contribution in [3.05, 3.63) is 52.6 Å². The summed E-state index contributed by atoms with van der Waals surface area (Å²) in [5, 5.41) is 7.15. The average Bonchev–Trinajstić information content (AvgIpc) is 2.58. The van der Waals surface area contributed by atoms with Gasteiger partial charge in [0.1, 0.15) is 5.75 Å². The van der Waals surface area contributed by atoms with Crippen molar-refractivity contribution < 1.29 is 9.53 Å². The first-order valence-electron chi connectivity index (χ1n) is 8.26. The summed E-state index contributed by atoms with van der Waals surface area (Å²) in [4.78, 5) is 12.6. The normalized spacial score (nSPS) is 10.6. The predicted octanol–water partition coefficient (Wildman–Crippen LogP) is 4.23. The van der Waals surface area contributed by atoms with E-state index in [-0.39, 0.29) is 11.3 Å². The average molecular weight is 376 g/mol. The first kappa shape index (κ1) is 21.9. The van der Waals surface area contributed by atoms with E-state index in [4.69, 9.17) is 10.5 Å². The van der Waals surface area contributed by atoms with Crippen molar-refractivity contribution in [1.82, 2.24) is 0 Å². The molecule has 2 aromatic rings. The Morgan fingerprint density at radius 1 is 1.08 bits per heavy atom. The number of carbonyl (C=O) groups is 1. The van der Waals surface area contributed by atoms with Crippen LogP contribution in [0.2, 0.25) is 0 Å². The lowest BCUT2D eigenvalue weighted by atomic mass is 9.85. The fraction of sp³-hybridized carbons (Fsp3) is 0.350. The maximum atomic E-state index is 12.6. The lowest BCUT2D eigenvalue weighted by Crippen LogP contribution is -2.16. The summed E-state index contributed by atoms with van der Waals surface area (Å²) < 4.78 is 5.48. The number of nitrogen functional groups attached to an aromatic ring is 1. The molecule has 0 heterocycles. The molecule has 5 nitrogen and oxygen atoms in total. The second-order valence-corrected chi connectivity index (χ2v) is 7.15. The standard InChI is InChI=1S/C20H26N2O2.H3NS/c1-12-7-8-14(10-16(12)21)19(23)22-17-11-15(20(3,4)5)9-13(2)18(17)24-6;1-2/h7-11H,21H2,1-6H3,(H,22,23);2H,1H2. The Morgan fingerprint density at radius 2 is 1.69 bits per heavy atom. The molecule has 6 heteroatoms. The molecule has 0 unspecified atom stereocenters. The number of hydrogen-bond donors (Lipinski definition) is 4. The number of methoxy groups -OCH3 is 1. The molecule has 1 amide bonds. The van der Waals surface area contributed by atoms with E-state index in [0.717, 1.165) is 16.7 Å². The summed E-state index contributed by atoms with van der Waals surface area (Å²) >= 11 is 3.03. The van der Waals surface area contributed by atoms with Gasteiger partial charge in [0, 0.05) is 11.3 Å². The molecule has 0 fully saturated rings. The molecular formula is C20H29N3O2S. The fourth-order valence-electron chi connectivity index (χ4n) is 2.55. The van der Waals surface area contributed by atoms with Gasteiger partial charge in [0.25, 0.3) is 5.91 Å². The molecule has 26 heavy (non-hydrogen) atoms. The molecule has 2 aromatic carbocycles. The van der Waals surface area contributed by atoms with Gasteiger partial charge in [-0.15, -0.1) is 12.8 Å². The quantitative estimate of drug-likeness (QED) is 0.477. The van der Waals surface area contributed by atoms with Gasteiger partial charge in [-0.05, 0) is 54.2 Å². The Bertz CT molecular complexity index is 783. The molecule has 0 spiro atoms. The van der Waals surface area contributed by atoms with Gasteiger partial charge in [-0.1, -0.05) is 32.9 Å². The zero-order chi connectivity index (χ0) is 20.1. The van der Waals surface area contributed by atoms with E-state index >= 15 is 0 Å². The van der Waals surface area contributed by atoms with E-state index in [0.29, 0.717) is 22.7 Å². The summed E-state index contributed by atoms with van der Waals surface area (Å²) in [6.45, 7) is 10.3. The molecule has 0 aromatic heterocycles.